The second kappa shape index (κ2) is 6.19. The van der Waals surface area contributed by atoms with Crippen LogP contribution in [0.1, 0.15) is 13.8 Å². The Labute approximate surface area is 104 Å². The van der Waals surface area contributed by atoms with Crippen LogP contribution in [0.4, 0.5) is 5.95 Å². The molecule has 94 valence electrons. The molecule has 17 heavy (non-hydrogen) atoms. The lowest BCUT2D eigenvalue weighted by Crippen LogP contribution is -2.35. The van der Waals surface area contributed by atoms with E-state index in [0.717, 1.165) is 0 Å². The Hall–Kier alpha value is -1.63. The second-order valence-electron chi connectivity index (χ2n) is 3.12. The third kappa shape index (κ3) is 4.03. The largest absolute Gasteiger partial charge is 0.464 e. The van der Waals surface area contributed by atoms with Crippen molar-refractivity contribution in [2.45, 2.75) is 19.9 Å². The van der Waals surface area contributed by atoms with Gasteiger partial charge in [0.1, 0.15) is 6.04 Å². The molecule has 7 nitrogen and oxygen atoms in total. The van der Waals surface area contributed by atoms with Gasteiger partial charge in [0, 0.05) is 7.05 Å². The summed E-state index contributed by atoms with van der Waals surface area (Å²) in [5.41, 5.74) is 0. The van der Waals surface area contributed by atoms with Crippen LogP contribution in [0.2, 0.25) is 5.28 Å². The molecule has 0 radical (unpaired) electrons. The van der Waals surface area contributed by atoms with Gasteiger partial charge in [-0.3, -0.25) is 4.79 Å². The molecule has 1 amide bonds. The molecule has 8 heteroatoms. The molecular formula is C9H14ClN5O2. The number of hydrogen-bond donors (Lipinski definition) is 2. The summed E-state index contributed by atoms with van der Waals surface area (Å²) in [6.45, 7) is 3.90. The molecule has 1 aromatic heterocycles. The number of halogens is 1. The first kappa shape index (κ1) is 13.4. The first-order chi connectivity index (χ1) is 8.06. The third-order valence-electron chi connectivity index (χ3n) is 1.85. The SMILES string of the molecule is CCOc1nc(Cl)nc(NC(C)C(=O)NC)n1. The Morgan fingerprint density at radius 3 is 2.76 bits per heavy atom. The molecule has 0 fully saturated rings. The number of ether oxygens (including phenoxy) is 1. The van der Waals surface area contributed by atoms with Crippen LogP contribution in [0.5, 0.6) is 6.01 Å². The molecule has 1 unspecified atom stereocenters. The lowest BCUT2D eigenvalue weighted by atomic mass is 10.3. The van der Waals surface area contributed by atoms with Crippen molar-refractivity contribution in [1.82, 2.24) is 20.3 Å². The molecule has 0 aliphatic rings. The first-order valence-electron chi connectivity index (χ1n) is 5.09. The number of nitrogens with zero attached hydrogens (tertiary/aromatic N) is 3. The van der Waals surface area contributed by atoms with Gasteiger partial charge < -0.3 is 15.4 Å². The summed E-state index contributed by atoms with van der Waals surface area (Å²) in [6, 6.07) is -0.355. The molecule has 0 aromatic carbocycles. The Bertz CT molecular complexity index is 401. The van der Waals surface area contributed by atoms with Crippen LogP contribution in [-0.2, 0) is 4.79 Å². The van der Waals surface area contributed by atoms with Crippen LogP contribution in [0.25, 0.3) is 0 Å². The van der Waals surface area contributed by atoms with E-state index < -0.39 is 6.04 Å². The molecule has 0 saturated carbocycles. The Balaban J connectivity index is 2.80. The molecule has 1 aromatic rings. The lowest BCUT2D eigenvalue weighted by Gasteiger charge is -2.12. The maximum atomic E-state index is 11.3. The van der Waals surface area contributed by atoms with Crippen LogP contribution >= 0.6 is 11.6 Å². The molecule has 1 rings (SSSR count). The van der Waals surface area contributed by atoms with Crippen molar-refractivity contribution in [2.24, 2.45) is 0 Å². The number of likely N-dealkylation sites (N-methyl/N-ethyl adjacent to an activating group) is 1. The van der Waals surface area contributed by atoms with E-state index in [1.807, 2.05) is 0 Å². The van der Waals surface area contributed by atoms with E-state index in [9.17, 15) is 4.79 Å². The molecular weight excluding hydrogens is 246 g/mol. The fourth-order valence-electron chi connectivity index (χ4n) is 1.07. The maximum Gasteiger partial charge on any atom is 0.322 e. The standard InChI is InChI=1S/C9H14ClN5O2/c1-4-17-9-14-7(10)13-8(15-9)12-5(2)6(16)11-3/h5H,4H2,1-3H3,(H,11,16)(H,12,13,14,15). The second-order valence-corrected chi connectivity index (χ2v) is 3.46. The lowest BCUT2D eigenvalue weighted by molar-refractivity contribution is -0.121. The number of carbonyl (C=O) groups excluding carboxylic acids is 1. The van der Waals surface area contributed by atoms with Gasteiger partial charge in [0.25, 0.3) is 0 Å². The van der Waals surface area contributed by atoms with Crippen molar-refractivity contribution in [1.29, 1.82) is 0 Å². The summed E-state index contributed by atoms with van der Waals surface area (Å²) >= 11 is 5.70. The average molecular weight is 260 g/mol. The van der Waals surface area contributed by atoms with Gasteiger partial charge in [-0.05, 0) is 25.4 Å². The van der Waals surface area contributed by atoms with E-state index in [0.29, 0.717) is 6.61 Å². The predicted octanol–water partition coefficient (Wildman–Crippen LogP) is 0.470. The van der Waals surface area contributed by atoms with E-state index in [4.69, 9.17) is 16.3 Å². The van der Waals surface area contributed by atoms with Gasteiger partial charge in [0.2, 0.25) is 17.1 Å². The summed E-state index contributed by atoms with van der Waals surface area (Å²) < 4.78 is 5.11. The molecule has 1 heterocycles. The van der Waals surface area contributed by atoms with E-state index in [-0.39, 0.29) is 23.1 Å². The first-order valence-corrected chi connectivity index (χ1v) is 5.47. The number of rotatable bonds is 5. The van der Waals surface area contributed by atoms with Crippen molar-refractivity contribution in [3.63, 3.8) is 0 Å². The number of hydrogen-bond acceptors (Lipinski definition) is 6. The van der Waals surface area contributed by atoms with Crippen molar-refractivity contribution in [3.8, 4) is 6.01 Å². The highest BCUT2D eigenvalue weighted by molar-refractivity contribution is 6.28. The number of nitrogens with one attached hydrogen (secondary N) is 2. The van der Waals surface area contributed by atoms with Crippen LogP contribution < -0.4 is 15.4 Å². The molecule has 0 aliphatic carbocycles. The van der Waals surface area contributed by atoms with Gasteiger partial charge >= 0.3 is 6.01 Å². The Kier molecular flexibility index (Phi) is 4.89. The smallest absolute Gasteiger partial charge is 0.322 e. The number of amides is 1. The molecule has 1 atom stereocenters. The zero-order valence-electron chi connectivity index (χ0n) is 9.82. The quantitative estimate of drug-likeness (QED) is 0.799. The van der Waals surface area contributed by atoms with Crippen molar-refractivity contribution in [2.75, 3.05) is 19.0 Å². The van der Waals surface area contributed by atoms with Crippen LogP contribution in [0.3, 0.4) is 0 Å². The highest BCUT2D eigenvalue weighted by atomic mass is 35.5. The van der Waals surface area contributed by atoms with Crippen molar-refractivity contribution in [3.05, 3.63) is 5.28 Å². The molecule has 0 spiro atoms. The van der Waals surface area contributed by atoms with Gasteiger partial charge in [-0.15, -0.1) is 0 Å². The minimum Gasteiger partial charge on any atom is -0.464 e. The van der Waals surface area contributed by atoms with Gasteiger partial charge in [-0.1, -0.05) is 0 Å². The zero-order chi connectivity index (χ0) is 12.8. The third-order valence-corrected chi connectivity index (χ3v) is 2.02. The van der Waals surface area contributed by atoms with Gasteiger partial charge in [-0.25, -0.2) is 0 Å². The fourth-order valence-corrected chi connectivity index (χ4v) is 1.22. The van der Waals surface area contributed by atoms with Gasteiger partial charge in [0.15, 0.2) is 0 Å². The molecule has 0 saturated heterocycles. The predicted molar refractivity (Wildman–Crippen MR) is 63.2 cm³/mol. The minimum atomic E-state index is -0.479. The van der Waals surface area contributed by atoms with Crippen LogP contribution in [-0.4, -0.2) is 40.6 Å². The Morgan fingerprint density at radius 2 is 2.18 bits per heavy atom. The summed E-state index contributed by atoms with van der Waals surface area (Å²) in [7, 11) is 1.55. The number of anilines is 1. The fraction of sp³-hybridized carbons (Fsp3) is 0.556. The highest BCUT2D eigenvalue weighted by Crippen LogP contribution is 2.11. The Morgan fingerprint density at radius 1 is 1.47 bits per heavy atom. The molecule has 0 aliphatic heterocycles. The van der Waals surface area contributed by atoms with Crippen molar-refractivity contribution < 1.29 is 9.53 Å². The summed E-state index contributed by atoms with van der Waals surface area (Å²) in [5, 5.41) is 5.31. The van der Waals surface area contributed by atoms with E-state index >= 15 is 0 Å². The topological polar surface area (TPSA) is 89.0 Å². The highest BCUT2D eigenvalue weighted by Gasteiger charge is 2.13. The zero-order valence-corrected chi connectivity index (χ0v) is 10.6. The minimum absolute atomic E-state index is 0.00931. The summed E-state index contributed by atoms with van der Waals surface area (Å²) in [5.74, 6) is 0.0176. The van der Waals surface area contributed by atoms with E-state index in [2.05, 4.69) is 25.6 Å². The van der Waals surface area contributed by atoms with Crippen LogP contribution in [0.15, 0.2) is 0 Å². The normalized spacial score (nSPS) is 11.8. The molecule has 0 bridgehead atoms. The maximum absolute atomic E-state index is 11.3. The summed E-state index contributed by atoms with van der Waals surface area (Å²) in [4.78, 5) is 22.9. The van der Waals surface area contributed by atoms with E-state index in [1.54, 1.807) is 20.9 Å². The van der Waals surface area contributed by atoms with Crippen molar-refractivity contribution >= 4 is 23.5 Å². The van der Waals surface area contributed by atoms with E-state index in [1.165, 1.54) is 0 Å². The monoisotopic (exact) mass is 259 g/mol. The number of carbonyl (C=O) groups is 1. The number of aromatic nitrogens is 3. The summed E-state index contributed by atoms with van der Waals surface area (Å²) in [6.07, 6.45) is 0. The van der Waals surface area contributed by atoms with Crippen LogP contribution in [0, 0.1) is 0 Å². The molecule has 2 N–H and O–H groups in total. The van der Waals surface area contributed by atoms with Gasteiger partial charge in [-0.2, -0.15) is 15.0 Å². The van der Waals surface area contributed by atoms with Gasteiger partial charge in [0.05, 0.1) is 6.61 Å². The average Bonchev–Trinajstić information content (AvgIpc) is 2.27.